The van der Waals surface area contributed by atoms with E-state index < -0.39 is 0 Å². The van der Waals surface area contributed by atoms with Gasteiger partial charge in [0.1, 0.15) is 0 Å². The third-order valence-corrected chi connectivity index (χ3v) is 3.35. The zero-order valence-electron chi connectivity index (χ0n) is 9.16. The smallest absolute Gasteiger partial charge is 0.227 e. The molecule has 2 amide bonds. The fourth-order valence-corrected chi connectivity index (χ4v) is 2.34. The largest absolute Gasteiger partial charge is 0.355 e. The minimum atomic E-state index is 0.0213. The average Bonchev–Trinajstić information content (AvgIpc) is 2.65. The van der Waals surface area contributed by atoms with Gasteiger partial charge in [-0.2, -0.15) is 0 Å². The summed E-state index contributed by atoms with van der Waals surface area (Å²) in [6, 6.07) is 0. The molecule has 2 rings (SSSR count). The summed E-state index contributed by atoms with van der Waals surface area (Å²) in [5, 5.41) is 2.76. The molecule has 0 aromatic heterocycles. The van der Waals surface area contributed by atoms with Crippen LogP contribution < -0.4 is 5.32 Å². The Balaban J connectivity index is 1.88. The first-order valence-electron chi connectivity index (χ1n) is 5.72. The third kappa shape index (κ3) is 2.30. The van der Waals surface area contributed by atoms with E-state index in [-0.39, 0.29) is 17.7 Å². The summed E-state index contributed by atoms with van der Waals surface area (Å²) in [4.78, 5) is 24.9. The summed E-state index contributed by atoms with van der Waals surface area (Å²) in [5.74, 6) is 0.966. The molecule has 2 fully saturated rings. The van der Waals surface area contributed by atoms with Crippen molar-refractivity contribution < 1.29 is 9.59 Å². The first kappa shape index (κ1) is 10.5. The molecule has 2 saturated heterocycles. The van der Waals surface area contributed by atoms with Crippen molar-refractivity contribution in [2.75, 3.05) is 19.6 Å². The molecule has 0 bridgehead atoms. The maximum absolute atomic E-state index is 12.0. The van der Waals surface area contributed by atoms with Gasteiger partial charge in [0.25, 0.3) is 0 Å². The second-order valence-corrected chi connectivity index (χ2v) is 4.72. The van der Waals surface area contributed by atoms with Crippen LogP contribution in [-0.4, -0.2) is 36.3 Å². The van der Waals surface area contributed by atoms with Crippen molar-refractivity contribution in [2.45, 2.75) is 26.2 Å². The van der Waals surface area contributed by atoms with Crippen molar-refractivity contribution in [3.05, 3.63) is 0 Å². The second-order valence-electron chi connectivity index (χ2n) is 4.72. The molecule has 4 heteroatoms. The lowest BCUT2D eigenvalue weighted by atomic mass is 9.98. The number of hydrogen-bond acceptors (Lipinski definition) is 2. The highest BCUT2D eigenvalue weighted by atomic mass is 16.2. The van der Waals surface area contributed by atoms with Gasteiger partial charge in [0.05, 0.1) is 5.92 Å². The molecule has 1 N–H and O–H groups in total. The first-order valence-corrected chi connectivity index (χ1v) is 5.72. The zero-order valence-corrected chi connectivity index (χ0v) is 9.16. The van der Waals surface area contributed by atoms with Gasteiger partial charge in [-0.15, -0.1) is 0 Å². The van der Waals surface area contributed by atoms with Crippen molar-refractivity contribution in [3.63, 3.8) is 0 Å². The predicted molar refractivity (Wildman–Crippen MR) is 56.1 cm³/mol. The number of piperidine rings is 1. The standard InChI is InChI=1S/C11H18N2O2/c1-8-4-5-13(7-8)11(15)9-2-3-10(14)12-6-9/h8-9H,2-7H2,1H3,(H,12,14). The highest BCUT2D eigenvalue weighted by Crippen LogP contribution is 2.20. The van der Waals surface area contributed by atoms with Crippen LogP contribution in [0.1, 0.15) is 26.2 Å². The highest BCUT2D eigenvalue weighted by molar-refractivity contribution is 5.83. The molecular formula is C11H18N2O2. The van der Waals surface area contributed by atoms with Crippen molar-refractivity contribution in [3.8, 4) is 0 Å². The van der Waals surface area contributed by atoms with E-state index in [1.165, 1.54) is 0 Å². The molecule has 15 heavy (non-hydrogen) atoms. The Morgan fingerprint density at radius 1 is 1.47 bits per heavy atom. The van der Waals surface area contributed by atoms with Crippen LogP contribution in [0.2, 0.25) is 0 Å². The lowest BCUT2D eigenvalue weighted by molar-refractivity contribution is -0.136. The molecule has 2 aliphatic rings. The van der Waals surface area contributed by atoms with Crippen molar-refractivity contribution in [1.29, 1.82) is 0 Å². The summed E-state index contributed by atoms with van der Waals surface area (Å²) in [7, 11) is 0. The van der Waals surface area contributed by atoms with Gasteiger partial charge >= 0.3 is 0 Å². The summed E-state index contributed by atoms with van der Waals surface area (Å²) in [6.07, 6.45) is 2.33. The zero-order chi connectivity index (χ0) is 10.8. The van der Waals surface area contributed by atoms with Gasteiger partial charge in [0.2, 0.25) is 11.8 Å². The molecule has 2 heterocycles. The Hall–Kier alpha value is -1.06. The molecule has 2 atom stereocenters. The maximum Gasteiger partial charge on any atom is 0.227 e. The second kappa shape index (κ2) is 4.21. The minimum Gasteiger partial charge on any atom is -0.355 e. The lowest BCUT2D eigenvalue weighted by Crippen LogP contribution is -2.44. The molecule has 0 aliphatic carbocycles. The number of likely N-dealkylation sites (tertiary alicyclic amines) is 1. The van der Waals surface area contributed by atoms with E-state index in [0.717, 1.165) is 25.9 Å². The lowest BCUT2D eigenvalue weighted by Gasteiger charge is -2.26. The summed E-state index contributed by atoms with van der Waals surface area (Å²) in [6.45, 7) is 4.49. The van der Waals surface area contributed by atoms with E-state index in [2.05, 4.69) is 12.2 Å². The topological polar surface area (TPSA) is 49.4 Å². The van der Waals surface area contributed by atoms with Gasteiger partial charge in [0, 0.05) is 26.1 Å². The number of hydrogen-bond donors (Lipinski definition) is 1. The van der Waals surface area contributed by atoms with Crippen LogP contribution in [0.3, 0.4) is 0 Å². The number of rotatable bonds is 1. The molecule has 0 aromatic carbocycles. The number of carbonyl (C=O) groups is 2. The fourth-order valence-electron chi connectivity index (χ4n) is 2.34. The Kier molecular flexibility index (Phi) is 2.93. The summed E-state index contributed by atoms with van der Waals surface area (Å²) in [5.41, 5.74) is 0. The Bertz CT molecular complexity index is 268. The van der Waals surface area contributed by atoms with E-state index in [9.17, 15) is 9.59 Å². The van der Waals surface area contributed by atoms with Crippen LogP contribution in [-0.2, 0) is 9.59 Å². The van der Waals surface area contributed by atoms with Crippen LogP contribution in [0.5, 0.6) is 0 Å². The Labute approximate surface area is 90.0 Å². The van der Waals surface area contributed by atoms with Gasteiger partial charge in [-0.3, -0.25) is 9.59 Å². The van der Waals surface area contributed by atoms with Gasteiger partial charge in [-0.05, 0) is 18.8 Å². The molecule has 0 saturated carbocycles. The number of carbonyl (C=O) groups excluding carboxylic acids is 2. The van der Waals surface area contributed by atoms with E-state index in [1.54, 1.807) is 0 Å². The number of nitrogens with one attached hydrogen (secondary N) is 1. The Morgan fingerprint density at radius 2 is 2.27 bits per heavy atom. The van der Waals surface area contributed by atoms with Crippen LogP contribution in [0.15, 0.2) is 0 Å². The van der Waals surface area contributed by atoms with Crippen molar-refractivity contribution in [2.24, 2.45) is 11.8 Å². The number of nitrogens with zero attached hydrogens (tertiary/aromatic N) is 1. The van der Waals surface area contributed by atoms with Crippen LogP contribution >= 0.6 is 0 Å². The molecular weight excluding hydrogens is 192 g/mol. The SMILES string of the molecule is CC1CCN(C(=O)C2CCC(=O)NC2)C1. The average molecular weight is 210 g/mol. The van der Waals surface area contributed by atoms with Crippen LogP contribution in [0.4, 0.5) is 0 Å². The van der Waals surface area contributed by atoms with Gasteiger partial charge in [0.15, 0.2) is 0 Å². The monoisotopic (exact) mass is 210 g/mol. The molecule has 4 nitrogen and oxygen atoms in total. The first-order chi connectivity index (χ1) is 7.16. The quantitative estimate of drug-likeness (QED) is 0.680. The summed E-state index contributed by atoms with van der Waals surface area (Å²) >= 11 is 0. The van der Waals surface area contributed by atoms with Crippen LogP contribution in [0.25, 0.3) is 0 Å². The van der Waals surface area contributed by atoms with Gasteiger partial charge in [-0.1, -0.05) is 6.92 Å². The van der Waals surface area contributed by atoms with Crippen molar-refractivity contribution in [1.82, 2.24) is 10.2 Å². The van der Waals surface area contributed by atoms with Crippen LogP contribution in [0, 0.1) is 11.8 Å². The van der Waals surface area contributed by atoms with Crippen molar-refractivity contribution >= 4 is 11.8 Å². The predicted octanol–water partition coefficient (Wildman–Crippen LogP) is 0.381. The maximum atomic E-state index is 12.0. The third-order valence-electron chi connectivity index (χ3n) is 3.35. The molecule has 84 valence electrons. The van der Waals surface area contributed by atoms with Gasteiger partial charge in [-0.25, -0.2) is 0 Å². The molecule has 0 spiro atoms. The molecule has 0 radical (unpaired) electrons. The van der Waals surface area contributed by atoms with E-state index >= 15 is 0 Å². The minimum absolute atomic E-state index is 0.0213. The van der Waals surface area contributed by atoms with Gasteiger partial charge < -0.3 is 10.2 Å². The fraction of sp³-hybridized carbons (Fsp3) is 0.818. The summed E-state index contributed by atoms with van der Waals surface area (Å²) < 4.78 is 0. The van der Waals surface area contributed by atoms with E-state index in [0.29, 0.717) is 18.9 Å². The highest BCUT2D eigenvalue weighted by Gasteiger charge is 2.31. The van der Waals surface area contributed by atoms with E-state index in [4.69, 9.17) is 0 Å². The Morgan fingerprint density at radius 3 is 2.80 bits per heavy atom. The normalized spacial score (nSPS) is 31.5. The molecule has 2 aliphatic heterocycles. The number of amides is 2. The molecule has 2 unspecified atom stereocenters. The molecule has 0 aromatic rings. The van der Waals surface area contributed by atoms with E-state index in [1.807, 2.05) is 4.90 Å².